The van der Waals surface area contributed by atoms with Gasteiger partial charge in [0, 0.05) is 38.6 Å². The van der Waals surface area contributed by atoms with Crippen molar-refractivity contribution in [2.24, 2.45) is 10.9 Å². The monoisotopic (exact) mass is 327 g/mol. The van der Waals surface area contributed by atoms with Gasteiger partial charge in [-0.15, -0.1) is 0 Å². The molecule has 0 saturated carbocycles. The minimum atomic E-state index is 0.373. The largest absolute Gasteiger partial charge is 0.356 e. The van der Waals surface area contributed by atoms with Crippen LogP contribution in [0.25, 0.3) is 0 Å². The Bertz CT molecular complexity index is 591. The van der Waals surface area contributed by atoms with Crippen molar-refractivity contribution in [3.05, 3.63) is 54.4 Å². The summed E-state index contributed by atoms with van der Waals surface area (Å²) < 4.78 is 1.96. The fourth-order valence-electron chi connectivity index (χ4n) is 2.59. The number of hydrogen-bond acceptors (Lipinski definition) is 2. The van der Waals surface area contributed by atoms with Gasteiger partial charge >= 0.3 is 0 Å². The Labute approximate surface area is 145 Å². The van der Waals surface area contributed by atoms with Gasteiger partial charge in [0.1, 0.15) is 0 Å². The second kappa shape index (κ2) is 9.75. The van der Waals surface area contributed by atoms with E-state index in [1.54, 1.807) is 0 Å². The predicted octanol–water partition coefficient (Wildman–Crippen LogP) is 2.71. The van der Waals surface area contributed by atoms with Crippen molar-refractivity contribution < 1.29 is 0 Å². The van der Waals surface area contributed by atoms with E-state index in [1.807, 2.05) is 30.2 Å². The zero-order chi connectivity index (χ0) is 17.2. The molecule has 2 atom stereocenters. The van der Waals surface area contributed by atoms with Gasteiger partial charge in [-0.1, -0.05) is 37.3 Å². The quantitative estimate of drug-likeness (QED) is 0.579. The van der Waals surface area contributed by atoms with Crippen molar-refractivity contribution >= 4 is 5.96 Å². The molecule has 2 aromatic rings. The highest BCUT2D eigenvalue weighted by Crippen LogP contribution is 2.04. The van der Waals surface area contributed by atoms with Crippen LogP contribution in [0.3, 0.4) is 0 Å². The van der Waals surface area contributed by atoms with Crippen molar-refractivity contribution in [2.75, 3.05) is 13.6 Å². The van der Waals surface area contributed by atoms with Crippen molar-refractivity contribution in [3.8, 4) is 0 Å². The van der Waals surface area contributed by atoms with Gasteiger partial charge in [0.05, 0.1) is 0 Å². The highest BCUT2D eigenvalue weighted by Gasteiger charge is 2.08. The summed E-state index contributed by atoms with van der Waals surface area (Å²) in [5, 5.41) is 11.1. The molecule has 5 heteroatoms. The number of aromatic nitrogens is 2. The zero-order valence-electron chi connectivity index (χ0n) is 14.9. The number of rotatable bonds is 8. The highest BCUT2D eigenvalue weighted by atomic mass is 15.3. The summed E-state index contributed by atoms with van der Waals surface area (Å²) in [5.41, 5.74) is 1.38. The van der Waals surface area contributed by atoms with E-state index < -0.39 is 0 Å². The molecule has 0 aliphatic rings. The molecule has 0 aliphatic heterocycles. The summed E-state index contributed by atoms with van der Waals surface area (Å²) in [6.45, 7) is 6.18. The molecule has 2 unspecified atom stereocenters. The van der Waals surface area contributed by atoms with E-state index in [1.165, 1.54) is 5.56 Å². The molecule has 24 heavy (non-hydrogen) atoms. The molecule has 0 amide bonds. The van der Waals surface area contributed by atoms with Gasteiger partial charge in [0.2, 0.25) is 0 Å². The van der Waals surface area contributed by atoms with Gasteiger partial charge in [-0.3, -0.25) is 9.67 Å². The molecule has 5 nitrogen and oxygen atoms in total. The number of benzene rings is 1. The predicted molar refractivity (Wildman–Crippen MR) is 100 cm³/mol. The lowest BCUT2D eigenvalue weighted by atomic mass is 10.1. The van der Waals surface area contributed by atoms with Gasteiger partial charge in [-0.2, -0.15) is 5.10 Å². The van der Waals surface area contributed by atoms with Crippen LogP contribution in [0.5, 0.6) is 0 Å². The van der Waals surface area contributed by atoms with E-state index in [2.05, 4.69) is 64.9 Å². The lowest BCUT2D eigenvalue weighted by Gasteiger charge is -2.20. The number of guanidine groups is 1. The van der Waals surface area contributed by atoms with Crippen LogP contribution in [0.1, 0.15) is 25.8 Å². The maximum Gasteiger partial charge on any atom is 0.191 e. The second-order valence-electron chi connectivity index (χ2n) is 6.36. The Hall–Kier alpha value is -2.30. The van der Waals surface area contributed by atoms with Crippen LogP contribution in [0, 0.1) is 5.92 Å². The Kier molecular flexibility index (Phi) is 7.33. The first-order valence-electron chi connectivity index (χ1n) is 8.66. The van der Waals surface area contributed by atoms with Crippen molar-refractivity contribution in [1.82, 2.24) is 20.4 Å². The first-order valence-corrected chi connectivity index (χ1v) is 8.66. The molecule has 0 bridgehead atoms. The summed E-state index contributed by atoms with van der Waals surface area (Å²) in [4.78, 5) is 4.32. The summed E-state index contributed by atoms with van der Waals surface area (Å²) >= 11 is 0. The molecule has 0 fully saturated rings. The van der Waals surface area contributed by atoms with E-state index in [4.69, 9.17) is 0 Å². The first-order chi connectivity index (χ1) is 11.7. The summed E-state index contributed by atoms with van der Waals surface area (Å²) in [6.07, 6.45) is 5.96. The minimum Gasteiger partial charge on any atom is -0.356 e. The third kappa shape index (κ3) is 6.44. The number of nitrogens with one attached hydrogen (secondary N) is 2. The molecule has 2 rings (SSSR count). The molecular formula is C19H29N5. The van der Waals surface area contributed by atoms with E-state index >= 15 is 0 Å². The van der Waals surface area contributed by atoms with E-state index in [-0.39, 0.29) is 0 Å². The molecule has 1 aromatic heterocycles. The fourth-order valence-corrected chi connectivity index (χ4v) is 2.59. The topological polar surface area (TPSA) is 54.2 Å². The summed E-state index contributed by atoms with van der Waals surface area (Å²) in [6, 6.07) is 12.9. The molecule has 1 heterocycles. The van der Waals surface area contributed by atoms with Crippen LogP contribution in [-0.4, -0.2) is 35.4 Å². The number of nitrogens with zero attached hydrogens (tertiary/aromatic N) is 3. The average molecular weight is 327 g/mol. The molecule has 0 aliphatic carbocycles. The Balaban J connectivity index is 1.69. The first kappa shape index (κ1) is 18.0. The average Bonchev–Trinajstić information content (AvgIpc) is 3.10. The summed E-state index contributed by atoms with van der Waals surface area (Å²) in [5.74, 6) is 1.34. The molecule has 0 spiro atoms. The lowest BCUT2D eigenvalue weighted by molar-refractivity contribution is 0.442. The maximum absolute atomic E-state index is 4.32. The van der Waals surface area contributed by atoms with Gasteiger partial charge in [0.15, 0.2) is 5.96 Å². The van der Waals surface area contributed by atoms with Crippen molar-refractivity contribution in [1.29, 1.82) is 0 Å². The third-order valence-corrected chi connectivity index (χ3v) is 3.99. The van der Waals surface area contributed by atoms with Gasteiger partial charge in [-0.05, 0) is 37.3 Å². The normalized spacial score (nSPS) is 14.2. The molecule has 130 valence electrons. The van der Waals surface area contributed by atoms with Gasteiger partial charge in [-0.25, -0.2) is 0 Å². The van der Waals surface area contributed by atoms with Crippen LogP contribution < -0.4 is 10.6 Å². The smallest absolute Gasteiger partial charge is 0.191 e. The second-order valence-corrected chi connectivity index (χ2v) is 6.36. The Morgan fingerprint density at radius 2 is 2.00 bits per heavy atom. The molecule has 1 aromatic carbocycles. The molecule has 2 N–H and O–H groups in total. The van der Waals surface area contributed by atoms with Crippen LogP contribution in [-0.2, 0) is 13.0 Å². The number of hydrogen-bond donors (Lipinski definition) is 2. The Morgan fingerprint density at radius 3 is 2.67 bits per heavy atom. The highest BCUT2D eigenvalue weighted by molar-refractivity contribution is 5.79. The molecule has 0 radical (unpaired) electrons. The molecular weight excluding hydrogens is 298 g/mol. The van der Waals surface area contributed by atoms with Crippen molar-refractivity contribution in [3.63, 3.8) is 0 Å². The SMILES string of the molecule is CN=C(NCC(C)Cn1cccn1)NC(C)CCc1ccccc1. The number of aliphatic imine (C=N–C) groups is 1. The zero-order valence-corrected chi connectivity index (χ0v) is 14.9. The van der Waals surface area contributed by atoms with E-state index in [9.17, 15) is 0 Å². The fraction of sp³-hybridized carbons (Fsp3) is 0.474. The van der Waals surface area contributed by atoms with Crippen LogP contribution in [0.15, 0.2) is 53.8 Å². The molecule has 0 saturated heterocycles. The van der Waals surface area contributed by atoms with Crippen LogP contribution in [0.2, 0.25) is 0 Å². The van der Waals surface area contributed by atoms with Gasteiger partial charge in [0.25, 0.3) is 0 Å². The standard InChI is InChI=1S/C19H29N5/c1-16(15-24-13-7-12-22-24)14-21-19(20-3)23-17(2)10-11-18-8-5-4-6-9-18/h4-9,12-13,16-17H,10-11,14-15H2,1-3H3,(H2,20,21,23). The minimum absolute atomic E-state index is 0.373. The van der Waals surface area contributed by atoms with Crippen LogP contribution in [0.4, 0.5) is 0 Å². The van der Waals surface area contributed by atoms with Crippen LogP contribution >= 0.6 is 0 Å². The van der Waals surface area contributed by atoms with Gasteiger partial charge < -0.3 is 10.6 Å². The number of aryl methyl sites for hydroxylation is 1. The Morgan fingerprint density at radius 1 is 1.21 bits per heavy atom. The lowest BCUT2D eigenvalue weighted by Crippen LogP contribution is -2.44. The van der Waals surface area contributed by atoms with Crippen molar-refractivity contribution in [2.45, 2.75) is 39.3 Å². The van der Waals surface area contributed by atoms with E-state index in [0.29, 0.717) is 12.0 Å². The summed E-state index contributed by atoms with van der Waals surface area (Å²) in [7, 11) is 1.82. The maximum atomic E-state index is 4.32. The van der Waals surface area contributed by atoms with E-state index in [0.717, 1.165) is 31.9 Å². The third-order valence-electron chi connectivity index (χ3n) is 3.99.